The quantitative estimate of drug-likeness (QED) is 0.693. The zero-order valence-electron chi connectivity index (χ0n) is 10.3. The summed E-state index contributed by atoms with van der Waals surface area (Å²) in [5.41, 5.74) is 2.26. The van der Waals surface area contributed by atoms with E-state index in [0.717, 1.165) is 25.7 Å². The second-order valence-electron chi connectivity index (χ2n) is 4.24. The summed E-state index contributed by atoms with van der Waals surface area (Å²) in [6.07, 6.45) is 1.81. The smallest absolute Gasteiger partial charge is 0.0684 e. The van der Waals surface area contributed by atoms with E-state index in [9.17, 15) is 0 Å². The molecule has 0 unspecified atom stereocenters. The Balaban J connectivity index is 2.02. The summed E-state index contributed by atoms with van der Waals surface area (Å²) in [4.78, 5) is 4.40. The van der Waals surface area contributed by atoms with Crippen LogP contribution in [-0.2, 0) is 6.54 Å². The summed E-state index contributed by atoms with van der Waals surface area (Å²) in [6, 6.07) is 10.6. The molecular formula is C14H13Br3N2. The van der Waals surface area contributed by atoms with Gasteiger partial charge in [0.15, 0.2) is 0 Å². The maximum absolute atomic E-state index is 4.40. The van der Waals surface area contributed by atoms with Crippen LogP contribution in [0.3, 0.4) is 0 Å². The van der Waals surface area contributed by atoms with Crippen LogP contribution in [0.2, 0.25) is 0 Å². The Bertz CT molecular complexity index is 572. The van der Waals surface area contributed by atoms with Gasteiger partial charge in [-0.3, -0.25) is 4.98 Å². The van der Waals surface area contributed by atoms with Crippen LogP contribution in [0.4, 0.5) is 0 Å². The number of nitrogens with zero attached hydrogens (tertiary/aromatic N) is 1. The fourth-order valence-corrected chi connectivity index (χ4v) is 3.26. The number of hydrogen-bond acceptors (Lipinski definition) is 2. The lowest BCUT2D eigenvalue weighted by Gasteiger charge is -2.15. The average Bonchev–Trinajstić information content (AvgIpc) is 2.37. The van der Waals surface area contributed by atoms with E-state index < -0.39 is 0 Å². The van der Waals surface area contributed by atoms with Gasteiger partial charge in [-0.15, -0.1) is 0 Å². The molecule has 1 aromatic heterocycles. The highest BCUT2D eigenvalue weighted by molar-refractivity contribution is 9.11. The van der Waals surface area contributed by atoms with Gasteiger partial charge in [-0.1, -0.05) is 28.1 Å². The first-order valence-corrected chi connectivity index (χ1v) is 8.23. The molecule has 0 saturated carbocycles. The van der Waals surface area contributed by atoms with Gasteiger partial charge in [0.1, 0.15) is 0 Å². The maximum atomic E-state index is 4.40. The minimum absolute atomic E-state index is 0.273. The average molecular weight is 449 g/mol. The van der Waals surface area contributed by atoms with E-state index in [1.165, 1.54) is 5.56 Å². The van der Waals surface area contributed by atoms with Gasteiger partial charge < -0.3 is 5.32 Å². The summed E-state index contributed by atoms with van der Waals surface area (Å²) in [6.45, 7) is 2.87. The molecular weight excluding hydrogens is 436 g/mol. The van der Waals surface area contributed by atoms with Crippen LogP contribution in [0.5, 0.6) is 0 Å². The van der Waals surface area contributed by atoms with E-state index in [4.69, 9.17) is 0 Å². The molecule has 5 heteroatoms. The first-order chi connectivity index (χ1) is 9.06. The number of nitrogens with one attached hydrogen (secondary N) is 1. The third-order valence-corrected chi connectivity index (χ3v) is 4.42. The Morgan fingerprint density at radius 2 is 1.95 bits per heavy atom. The number of benzene rings is 1. The van der Waals surface area contributed by atoms with Crippen molar-refractivity contribution in [2.45, 2.75) is 19.5 Å². The van der Waals surface area contributed by atoms with Crippen LogP contribution >= 0.6 is 47.8 Å². The molecule has 0 spiro atoms. The van der Waals surface area contributed by atoms with Crippen LogP contribution in [0, 0.1) is 0 Å². The van der Waals surface area contributed by atoms with E-state index in [1.807, 2.05) is 24.4 Å². The van der Waals surface area contributed by atoms with Crippen molar-refractivity contribution in [1.82, 2.24) is 10.3 Å². The predicted molar refractivity (Wildman–Crippen MR) is 89.0 cm³/mol. The Morgan fingerprint density at radius 3 is 2.63 bits per heavy atom. The normalized spacial score (nSPS) is 12.4. The Labute approximate surface area is 138 Å². The monoisotopic (exact) mass is 446 g/mol. The molecule has 0 radical (unpaired) electrons. The zero-order chi connectivity index (χ0) is 13.8. The molecule has 2 aromatic rings. The zero-order valence-corrected chi connectivity index (χ0v) is 15.1. The molecule has 0 aliphatic carbocycles. The van der Waals surface area contributed by atoms with Crippen molar-refractivity contribution in [3.8, 4) is 0 Å². The molecule has 100 valence electrons. The minimum atomic E-state index is 0.273. The third-order valence-electron chi connectivity index (χ3n) is 2.81. The van der Waals surface area contributed by atoms with Gasteiger partial charge in [0, 0.05) is 32.2 Å². The molecule has 1 aromatic carbocycles. The number of rotatable bonds is 4. The van der Waals surface area contributed by atoms with Crippen LogP contribution in [0.15, 0.2) is 49.9 Å². The largest absolute Gasteiger partial charge is 0.305 e. The molecule has 0 aliphatic heterocycles. The first kappa shape index (κ1) is 15.2. The topological polar surface area (TPSA) is 24.9 Å². The SMILES string of the molecule is C[C@@H](NCc1ncc(Br)cc1Br)c1cccc(Br)c1. The molecule has 0 bridgehead atoms. The molecule has 0 aliphatic rings. The molecule has 0 saturated heterocycles. The predicted octanol–water partition coefficient (Wildman–Crippen LogP) is 5.22. The summed E-state index contributed by atoms with van der Waals surface area (Å²) in [5.74, 6) is 0. The summed E-state index contributed by atoms with van der Waals surface area (Å²) >= 11 is 10.4. The van der Waals surface area contributed by atoms with Crippen LogP contribution in [0.25, 0.3) is 0 Å². The van der Waals surface area contributed by atoms with E-state index in [1.54, 1.807) is 0 Å². The van der Waals surface area contributed by atoms with E-state index in [2.05, 4.69) is 77.1 Å². The molecule has 1 atom stereocenters. The van der Waals surface area contributed by atoms with Gasteiger partial charge in [0.2, 0.25) is 0 Å². The van der Waals surface area contributed by atoms with Gasteiger partial charge in [-0.25, -0.2) is 0 Å². The van der Waals surface area contributed by atoms with Crippen LogP contribution in [-0.4, -0.2) is 4.98 Å². The highest BCUT2D eigenvalue weighted by atomic mass is 79.9. The highest BCUT2D eigenvalue weighted by Gasteiger charge is 2.07. The summed E-state index contributed by atoms with van der Waals surface area (Å²) in [5, 5.41) is 3.47. The van der Waals surface area contributed by atoms with Gasteiger partial charge in [0.25, 0.3) is 0 Å². The van der Waals surface area contributed by atoms with E-state index in [-0.39, 0.29) is 6.04 Å². The number of pyridine rings is 1. The Morgan fingerprint density at radius 1 is 1.16 bits per heavy atom. The van der Waals surface area contributed by atoms with Crippen LogP contribution < -0.4 is 5.32 Å². The van der Waals surface area contributed by atoms with Crippen molar-refractivity contribution in [3.05, 3.63) is 61.2 Å². The third kappa shape index (κ3) is 4.38. The minimum Gasteiger partial charge on any atom is -0.305 e. The Kier molecular flexibility index (Phi) is 5.57. The lowest BCUT2D eigenvalue weighted by Crippen LogP contribution is -2.19. The van der Waals surface area contributed by atoms with Gasteiger partial charge in [-0.05, 0) is 62.5 Å². The second kappa shape index (κ2) is 6.97. The molecule has 0 amide bonds. The maximum Gasteiger partial charge on any atom is 0.0684 e. The van der Waals surface area contributed by atoms with Crippen molar-refractivity contribution in [2.75, 3.05) is 0 Å². The highest BCUT2D eigenvalue weighted by Crippen LogP contribution is 2.21. The number of halogens is 3. The molecule has 0 fully saturated rings. The fourth-order valence-electron chi connectivity index (χ4n) is 1.72. The lowest BCUT2D eigenvalue weighted by molar-refractivity contribution is 0.566. The van der Waals surface area contributed by atoms with Crippen molar-refractivity contribution in [3.63, 3.8) is 0 Å². The van der Waals surface area contributed by atoms with Crippen molar-refractivity contribution in [2.24, 2.45) is 0 Å². The molecule has 2 nitrogen and oxygen atoms in total. The molecule has 19 heavy (non-hydrogen) atoms. The Hall–Kier alpha value is -0.230. The second-order valence-corrected chi connectivity index (χ2v) is 6.93. The summed E-state index contributed by atoms with van der Waals surface area (Å²) in [7, 11) is 0. The summed E-state index contributed by atoms with van der Waals surface area (Å²) < 4.78 is 3.08. The van der Waals surface area contributed by atoms with Crippen molar-refractivity contribution in [1.29, 1.82) is 0 Å². The van der Waals surface area contributed by atoms with Gasteiger partial charge in [-0.2, -0.15) is 0 Å². The lowest BCUT2D eigenvalue weighted by atomic mass is 10.1. The van der Waals surface area contributed by atoms with E-state index >= 15 is 0 Å². The number of aromatic nitrogens is 1. The van der Waals surface area contributed by atoms with Crippen molar-refractivity contribution >= 4 is 47.8 Å². The van der Waals surface area contributed by atoms with Gasteiger partial charge in [0.05, 0.1) is 5.69 Å². The van der Waals surface area contributed by atoms with Crippen molar-refractivity contribution < 1.29 is 0 Å². The molecule has 1 heterocycles. The van der Waals surface area contributed by atoms with Crippen LogP contribution in [0.1, 0.15) is 24.2 Å². The standard InChI is InChI=1S/C14H13Br3N2/c1-9(10-3-2-4-11(15)5-10)18-8-14-13(17)6-12(16)7-19-14/h2-7,9,18H,8H2,1H3/t9-/m1/s1. The van der Waals surface area contributed by atoms with E-state index in [0.29, 0.717) is 0 Å². The number of hydrogen-bond donors (Lipinski definition) is 1. The molecule has 2 rings (SSSR count). The first-order valence-electron chi connectivity index (χ1n) is 5.85. The molecule has 1 N–H and O–H groups in total. The van der Waals surface area contributed by atoms with Gasteiger partial charge >= 0.3 is 0 Å². The fraction of sp³-hybridized carbons (Fsp3) is 0.214.